The Balaban J connectivity index is 1.84. The third-order valence-corrected chi connectivity index (χ3v) is 4.54. The van der Waals surface area contributed by atoms with Gasteiger partial charge in [-0.05, 0) is 66.6 Å². The van der Waals surface area contributed by atoms with Gasteiger partial charge in [0.1, 0.15) is 0 Å². The summed E-state index contributed by atoms with van der Waals surface area (Å²) in [5.74, 6) is 0. The lowest BCUT2D eigenvalue weighted by Gasteiger charge is -2.20. The lowest BCUT2D eigenvalue weighted by molar-refractivity contribution is 0.549. The van der Waals surface area contributed by atoms with Crippen LogP contribution < -0.4 is 5.32 Å². The molecule has 0 amide bonds. The minimum Gasteiger partial charge on any atom is -0.310 e. The first-order chi connectivity index (χ1) is 10.3. The van der Waals surface area contributed by atoms with Crippen LogP contribution in [0.2, 0.25) is 5.02 Å². The molecule has 1 atom stereocenters. The number of hydrogen-bond acceptors (Lipinski definition) is 1. The first kappa shape index (κ1) is 14.6. The van der Waals surface area contributed by atoms with Crippen molar-refractivity contribution in [1.82, 2.24) is 5.32 Å². The molecule has 1 aliphatic carbocycles. The van der Waals surface area contributed by atoms with Crippen molar-refractivity contribution in [1.29, 1.82) is 0 Å². The lowest BCUT2D eigenvalue weighted by Crippen LogP contribution is -2.23. The number of benzene rings is 2. The van der Waals surface area contributed by atoms with Crippen molar-refractivity contribution in [3.05, 3.63) is 69.7 Å². The van der Waals surface area contributed by atoms with E-state index in [-0.39, 0.29) is 0 Å². The molecule has 110 valence electrons. The van der Waals surface area contributed by atoms with E-state index in [9.17, 15) is 0 Å². The molecule has 2 heteroatoms. The Labute approximate surface area is 132 Å². The maximum atomic E-state index is 6.11. The van der Waals surface area contributed by atoms with Gasteiger partial charge in [-0.3, -0.25) is 0 Å². The Hall–Kier alpha value is -1.31. The van der Waals surface area contributed by atoms with Crippen molar-refractivity contribution in [2.45, 2.75) is 38.6 Å². The van der Waals surface area contributed by atoms with E-state index in [0.717, 1.165) is 18.0 Å². The van der Waals surface area contributed by atoms with Gasteiger partial charge in [-0.2, -0.15) is 0 Å². The summed E-state index contributed by atoms with van der Waals surface area (Å²) in [4.78, 5) is 0. The molecular formula is C19H22ClN. The van der Waals surface area contributed by atoms with Crippen molar-refractivity contribution in [2.75, 3.05) is 6.54 Å². The number of rotatable bonds is 5. The Bertz CT molecular complexity index is 621. The fourth-order valence-corrected chi connectivity index (χ4v) is 3.48. The summed E-state index contributed by atoms with van der Waals surface area (Å²) in [6.45, 7) is 3.14. The van der Waals surface area contributed by atoms with Crippen LogP contribution in [0.3, 0.4) is 0 Å². The van der Waals surface area contributed by atoms with E-state index in [2.05, 4.69) is 42.6 Å². The summed E-state index contributed by atoms with van der Waals surface area (Å²) in [5, 5.41) is 4.43. The number of fused-ring (bicyclic) bond motifs is 1. The van der Waals surface area contributed by atoms with Crippen LogP contribution in [0.4, 0.5) is 0 Å². The van der Waals surface area contributed by atoms with Crippen LogP contribution in [0.15, 0.2) is 42.5 Å². The molecule has 0 saturated carbocycles. The van der Waals surface area contributed by atoms with Gasteiger partial charge >= 0.3 is 0 Å². The fourth-order valence-electron chi connectivity index (χ4n) is 3.26. The van der Waals surface area contributed by atoms with Crippen LogP contribution >= 0.6 is 11.6 Å². The second-order valence-corrected chi connectivity index (χ2v) is 6.26. The fraction of sp³-hybridized carbons (Fsp3) is 0.368. The number of hydrogen-bond donors (Lipinski definition) is 1. The Morgan fingerprint density at radius 2 is 1.95 bits per heavy atom. The Kier molecular flexibility index (Phi) is 4.62. The van der Waals surface area contributed by atoms with E-state index >= 15 is 0 Å². The minimum atomic E-state index is 0.361. The average Bonchev–Trinajstić information content (AvgIpc) is 2.94. The van der Waals surface area contributed by atoms with Gasteiger partial charge < -0.3 is 5.32 Å². The van der Waals surface area contributed by atoms with Crippen molar-refractivity contribution in [3.8, 4) is 0 Å². The molecule has 1 aliphatic rings. The number of aryl methyl sites for hydroxylation is 2. The number of nitrogens with one attached hydrogen (secondary N) is 1. The SMILES string of the molecule is CCNC(Cc1cccc(Cl)c1)c1ccc2c(c1)CCC2. The van der Waals surface area contributed by atoms with Gasteiger partial charge in [0.25, 0.3) is 0 Å². The molecule has 21 heavy (non-hydrogen) atoms. The standard InChI is InChI=1S/C19H22ClN/c1-2-21-19(12-14-5-3-8-18(20)11-14)17-10-9-15-6-4-7-16(15)13-17/h3,5,8-11,13,19,21H,2,4,6-7,12H2,1H3. The average molecular weight is 300 g/mol. The van der Waals surface area contributed by atoms with Crippen LogP contribution in [0, 0.1) is 0 Å². The van der Waals surface area contributed by atoms with Crippen LogP contribution in [-0.4, -0.2) is 6.54 Å². The zero-order valence-corrected chi connectivity index (χ0v) is 13.3. The molecule has 1 N–H and O–H groups in total. The van der Waals surface area contributed by atoms with E-state index < -0.39 is 0 Å². The van der Waals surface area contributed by atoms with E-state index in [1.165, 1.54) is 36.0 Å². The molecule has 0 aromatic heterocycles. The summed E-state index contributed by atoms with van der Waals surface area (Å²) < 4.78 is 0. The summed E-state index contributed by atoms with van der Waals surface area (Å²) in [6, 6.07) is 15.6. The van der Waals surface area contributed by atoms with Gasteiger partial charge in [-0.25, -0.2) is 0 Å². The topological polar surface area (TPSA) is 12.0 Å². The Morgan fingerprint density at radius 3 is 2.76 bits per heavy atom. The Morgan fingerprint density at radius 1 is 1.10 bits per heavy atom. The molecule has 0 radical (unpaired) electrons. The molecule has 0 spiro atoms. The molecule has 1 nitrogen and oxygen atoms in total. The molecule has 0 fully saturated rings. The van der Waals surface area contributed by atoms with Gasteiger partial charge in [0.05, 0.1) is 0 Å². The van der Waals surface area contributed by atoms with E-state index in [1.54, 1.807) is 5.56 Å². The van der Waals surface area contributed by atoms with Gasteiger partial charge in [0.2, 0.25) is 0 Å². The first-order valence-electron chi connectivity index (χ1n) is 7.86. The predicted octanol–water partition coefficient (Wildman–Crippen LogP) is 4.72. The summed E-state index contributed by atoms with van der Waals surface area (Å²) in [5.41, 5.74) is 5.77. The molecule has 0 aliphatic heterocycles. The summed E-state index contributed by atoms with van der Waals surface area (Å²) >= 11 is 6.11. The molecular weight excluding hydrogens is 278 g/mol. The third-order valence-electron chi connectivity index (χ3n) is 4.30. The maximum absolute atomic E-state index is 6.11. The van der Waals surface area contributed by atoms with Crippen LogP contribution in [0.5, 0.6) is 0 Å². The normalized spacial score (nSPS) is 15.0. The highest BCUT2D eigenvalue weighted by molar-refractivity contribution is 6.30. The lowest BCUT2D eigenvalue weighted by atomic mass is 9.96. The zero-order valence-electron chi connectivity index (χ0n) is 12.5. The highest BCUT2D eigenvalue weighted by Crippen LogP contribution is 2.27. The molecule has 1 unspecified atom stereocenters. The number of halogens is 1. The molecule has 2 aromatic rings. The highest BCUT2D eigenvalue weighted by atomic mass is 35.5. The van der Waals surface area contributed by atoms with E-state index in [1.807, 2.05) is 12.1 Å². The van der Waals surface area contributed by atoms with Crippen LogP contribution in [0.25, 0.3) is 0 Å². The quantitative estimate of drug-likeness (QED) is 0.842. The van der Waals surface area contributed by atoms with Crippen LogP contribution in [0.1, 0.15) is 41.6 Å². The number of likely N-dealkylation sites (N-methyl/N-ethyl adjacent to an activating group) is 1. The van der Waals surface area contributed by atoms with Crippen molar-refractivity contribution in [3.63, 3.8) is 0 Å². The van der Waals surface area contributed by atoms with Crippen LogP contribution in [-0.2, 0) is 19.3 Å². The molecule has 0 saturated heterocycles. The molecule has 3 rings (SSSR count). The molecule has 0 heterocycles. The first-order valence-corrected chi connectivity index (χ1v) is 8.23. The van der Waals surface area contributed by atoms with Gasteiger partial charge in [0, 0.05) is 11.1 Å². The highest BCUT2D eigenvalue weighted by Gasteiger charge is 2.16. The van der Waals surface area contributed by atoms with Crippen molar-refractivity contribution in [2.24, 2.45) is 0 Å². The van der Waals surface area contributed by atoms with E-state index in [0.29, 0.717) is 6.04 Å². The predicted molar refractivity (Wildman–Crippen MR) is 90.0 cm³/mol. The largest absolute Gasteiger partial charge is 0.310 e. The van der Waals surface area contributed by atoms with E-state index in [4.69, 9.17) is 11.6 Å². The molecule has 2 aromatic carbocycles. The second kappa shape index (κ2) is 6.64. The van der Waals surface area contributed by atoms with Crippen molar-refractivity contribution >= 4 is 11.6 Å². The van der Waals surface area contributed by atoms with Crippen molar-refractivity contribution < 1.29 is 0 Å². The third kappa shape index (κ3) is 3.48. The summed E-state index contributed by atoms with van der Waals surface area (Å²) in [6.07, 6.45) is 4.76. The monoisotopic (exact) mass is 299 g/mol. The minimum absolute atomic E-state index is 0.361. The smallest absolute Gasteiger partial charge is 0.0408 e. The summed E-state index contributed by atoms with van der Waals surface area (Å²) in [7, 11) is 0. The maximum Gasteiger partial charge on any atom is 0.0408 e. The molecule has 0 bridgehead atoms. The van der Waals surface area contributed by atoms with Gasteiger partial charge in [-0.1, -0.05) is 48.9 Å². The van der Waals surface area contributed by atoms with Gasteiger partial charge in [-0.15, -0.1) is 0 Å². The van der Waals surface area contributed by atoms with Gasteiger partial charge in [0.15, 0.2) is 0 Å². The second-order valence-electron chi connectivity index (χ2n) is 5.83. The zero-order chi connectivity index (χ0) is 14.7.